The topological polar surface area (TPSA) is 52.5 Å². The Morgan fingerprint density at radius 1 is 1.10 bits per heavy atom. The molecule has 0 aliphatic heterocycles. The Morgan fingerprint density at radius 2 is 1.80 bits per heavy atom. The number of aliphatic hydroxyl groups excluding tert-OH is 1. The number of hydrogen-bond donors (Lipinski definition) is 3. The zero-order chi connectivity index (χ0) is 14.5. The summed E-state index contributed by atoms with van der Waals surface area (Å²) in [5.41, 5.74) is 2.90. The molecule has 2 aromatic rings. The number of aryl methyl sites for hydroxylation is 1. The molecule has 0 bridgehead atoms. The molecule has 0 heterocycles. The van der Waals surface area contributed by atoms with Gasteiger partial charge in [0.15, 0.2) is 0 Å². The molecule has 2 rings (SSSR count). The predicted molar refractivity (Wildman–Crippen MR) is 80.7 cm³/mol. The highest BCUT2D eigenvalue weighted by Gasteiger charge is 2.16. The Labute approximate surface area is 119 Å². The molecule has 0 fully saturated rings. The number of benzene rings is 2. The smallest absolute Gasteiger partial charge is 0.120 e. The molecular formula is C17H21NO2. The first-order valence-electron chi connectivity index (χ1n) is 6.83. The Morgan fingerprint density at radius 3 is 2.40 bits per heavy atom. The van der Waals surface area contributed by atoms with Crippen LogP contribution in [0.4, 0.5) is 0 Å². The van der Waals surface area contributed by atoms with Crippen molar-refractivity contribution in [1.29, 1.82) is 0 Å². The molecule has 2 aromatic carbocycles. The number of phenolic OH excluding ortho intramolecular Hbond substituents is 1. The number of nitrogens with one attached hydrogen (secondary N) is 1. The van der Waals surface area contributed by atoms with E-state index in [2.05, 4.69) is 5.32 Å². The maximum atomic E-state index is 10.0. The minimum absolute atomic E-state index is 0.0149. The summed E-state index contributed by atoms with van der Waals surface area (Å²) >= 11 is 0. The van der Waals surface area contributed by atoms with Gasteiger partial charge in [0.25, 0.3) is 0 Å². The SMILES string of the molecule is Cc1ccc(C(C)N[C@H](CO)c2ccccc2)c(O)c1. The standard InChI is InChI=1S/C17H21NO2/c1-12-8-9-15(17(20)10-12)13(2)18-16(11-19)14-6-4-3-5-7-14/h3-10,13,16,18-20H,11H2,1-2H3/t13?,16-/m1/s1. The van der Waals surface area contributed by atoms with Crippen LogP contribution in [0.2, 0.25) is 0 Å². The van der Waals surface area contributed by atoms with E-state index in [1.165, 1.54) is 0 Å². The molecule has 106 valence electrons. The van der Waals surface area contributed by atoms with Gasteiger partial charge >= 0.3 is 0 Å². The summed E-state index contributed by atoms with van der Waals surface area (Å²) in [6.07, 6.45) is 0. The summed E-state index contributed by atoms with van der Waals surface area (Å²) in [6, 6.07) is 15.3. The van der Waals surface area contributed by atoms with E-state index in [1.807, 2.05) is 56.3 Å². The molecule has 0 saturated heterocycles. The fraction of sp³-hybridized carbons (Fsp3) is 0.294. The van der Waals surface area contributed by atoms with E-state index in [4.69, 9.17) is 0 Å². The van der Waals surface area contributed by atoms with Crippen LogP contribution >= 0.6 is 0 Å². The van der Waals surface area contributed by atoms with Gasteiger partial charge in [0.1, 0.15) is 5.75 Å². The average molecular weight is 271 g/mol. The van der Waals surface area contributed by atoms with Gasteiger partial charge in [-0.1, -0.05) is 42.5 Å². The zero-order valence-corrected chi connectivity index (χ0v) is 11.9. The Bertz CT molecular complexity index is 554. The van der Waals surface area contributed by atoms with Gasteiger partial charge in [-0.3, -0.25) is 0 Å². The molecule has 3 nitrogen and oxygen atoms in total. The number of hydrogen-bond acceptors (Lipinski definition) is 3. The molecule has 0 aliphatic rings. The first-order valence-corrected chi connectivity index (χ1v) is 6.83. The van der Waals surface area contributed by atoms with Gasteiger partial charge in [0.2, 0.25) is 0 Å². The molecule has 20 heavy (non-hydrogen) atoms. The summed E-state index contributed by atoms with van der Waals surface area (Å²) in [7, 11) is 0. The molecular weight excluding hydrogens is 250 g/mol. The highest BCUT2D eigenvalue weighted by atomic mass is 16.3. The van der Waals surface area contributed by atoms with Crippen LogP contribution in [0.1, 0.15) is 35.7 Å². The van der Waals surface area contributed by atoms with Crippen molar-refractivity contribution in [3.63, 3.8) is 0 Å². The molecule has 1 unspecified atom stereocenters. The zero-order valence-electron chi connectivity index (χ0n) is 11.9. The Hall–Kier alpha value is -1.84. The lowest BCUT2D eigenvalue weighted by Gasteiger charge is -2.23. The van der Waals surface area contributed by atoms with Crippen molar-refractivity contribution in [1.82, 2.24) is 5.32 Å². The highest BCUT2D eigenvalue weighted by molar-refractivity contribution is 5.38. The number of aliphatic hydroxyl groups is 1. The normalized spacial score (nSPS) is 13.9. The lowest BCUT2D eigenvalue weighted by Crippen LogP contribution is -2.27. The summed E-state index contributed by atoms with van der Waals surface area (Å²) in [6.45, 7) is 3.94. The van der Waals surface area contributed by atoms with Crippen LogP contribution in [0.3, 0.4) is 0 Å². The Balaban J connectivity index is 2.15. The molecule has 2 atom stereocenters. The fourth-order valence-corrected chi connectivity index (χ4v) is 2.35. The molecule has 3 heteroatoms. The predicted octanol–water partition coefficient (Wildman–Crippen LogP) is 3.08. The van der Waals surface area contributed by atoms with Crippen molar-refractivity contribution in [2.24, 2.45) is 0 Å². The van der Waals surface area contributed by atoms with Crippen LogP contribution in [-0.2, 0) is 0 Å². The van der Waals surface area contributed by atoms with Gasteiger partial charge in [-0.25, -0.2) is 0 Å². The molecule has 0 aliphatic carbocycles. The maximum absolute atomic E-state index is 10.0. The van der Waals surface area contributed by atoms with Crippen LogP contribution in [0.25, 0.3) is 0 Å². The van der Waals surface area contributed by atoms with Crippen LogP contribution in [0.15, 0.2) is 48.5 Å². The lowest BCUT2D eigenvalue weighted by molar-refractivity contribution is 0.234. The van der Waals surface area contributed by atoms with Gasteiger partial charge in [-0.2, -0.15) is 0 Å². The lowest BCUT2D eigenvalue weighted by atomic mass is 10.0. The molecule has 0 aromatic heterocycles. The van der Waals surface area contributed by atoms with Crippen molar-refractivity contribution < 1.29 is 10.2 Å². The monoisotopic (exact) mass is 271 g/mol. The van der Waals surface area contributed by atoms with E-state index in [0.29, 0.717) is 0 Å². The highest BCUT2D eigenvalue weighted by Crippen LogP contribution is 2.27. The molecule has 0 spiro atoms. The summed E-state index contributed by atoms with van der Waals surface area (Å²) < 4.78 is 0. The molecule has 0 radical (unpaired) electrons. The summed E-state index contributed by atoms with van der Waals surface area (Å²) in [5.74, 6) is 0.287. The second-order valence-electron chi connectivity index (χ2n) is 5.10. The van der Waals surface area contributed by atoms with Crippen molar-refractivity contribution in [2.75, 3.05) is 6.61 Å². The van der Waals surface area contributed by atoms with Gasteiger partial charge in [0.05, 0.1) is 12.6 Å². The molecule has 0 saturated carbocycles. The van der Waals surface area contributed by atoms with Crippen LogP contribution in [0, 0.1) is 6.92 Å². The maximum Gasteiger partial charge on any atom is 0.120 e. The van der Waals surface area contributed by atoms with Crippen LogP contribution in [-0.4, -0.2) is 16.8 Å². The first kappa shape index (κ1) is 14.6. The van der Waals surface area contributed by atoms with Crippen molar-refractivity contribution in [2.45, 2.75) is 25.9 Å². The third-order valence-electron chi connectivity index (χ3n) is 3.49. The van der Waals surface area contributed by atoms with Crippen LogP contribution in [0.5, 0.6) is 5.75 Å². The van der Waals surface area contributed by atoms with Gasteiger partial charge in [0, 0.05) is 11.6 Å². The third-order valence-corrected chi connectivity index (χ3v) is 3.49. The minimum Gasteiger partial charge on any atom is -0.508 e. The Kier molecular flexibility index (Phi) is 4.77. The molecule has 3 N–H and O–H groups in total. The number of phenols is 1. The largest absolute Gasteiger partial charge is 0.508 e. The summed E-state index contributed by atoms with van der Waals surface area (Å²) in [5, 5.41) is 22.9. The van der Waals surface area contributed by atoms with E-state index in [0.717, 1.165) is 16.7 Å². The quantitative estimate of drug-likeness (QED) is 0.783. The van der Waals surface area contributed by atoms with E-state index in [9.17, 15) is 10.2 Å². The number of rotatable bonds is 5. The average Bonchev–Trinajstić information content (AvgIpc) is 2.45. The van der Waals surface area contributed by atoms with Crippen molar-refractivity contribution in [3.05, 3.63) is 65.2 Å². The van der Waals surface area contributed by atoms with E-state index < -0.39 is 0 Å². The van der Waals surface area contributed by atoms with Crippen molar-refractivity contribution >= 4 is 0 Å². The van der Waals surface area contributed by atoms with E-state index in [1.54, 1.807) is 6.07 Å². The number of aromatic hydroxyl groups is 1. The minimum atomic E-state index is -0.146. The first-order chi connectivity index (χ1) is 9.61. The second kappa shape index (κ2) is 6.55. The van der Waals surface area contributed by atoms with Gasteiger partial charge in [-0.15, -0.1) is 0 Å². The van der Waals surface area contributed by atoms with Gasteiger partial charge < -0.3 is 15.5 Å². The molecule has 0 amide bonds. The summed E-state index contributed by atoms with van der Waals surface area (Å²) in [4.78, 5) is 0. The fourth-order valence-electron chi connectivity index (χ4n) is 2.35. The van der Waals surface area contributed by atoms with Gasteiger partial charge in [-0.05, 0) is 31.0 Å². The van der Waals surface area contributed by atoms with Crippen LogP contribution < -0.4 is 5.32 Å². The van der Waals surface area contributed by atoms with E-state index in [-0.39, 0.29) is 24.4 Å². The van der Waals surface area contributed by atoms with Crippen molar-refractivity contribution in [3.8, 4) is 5.75 Å². The third kappa shape index (κ3) is 3.38. The van der Waals surface area contributed by atoms with E-state index >= 15 is 0 Å². The second-order valence-corrected chi connectivity index (χ2v) is 5.10.